The number of nitrogens with one attached hydrogen (secondary N) is 1. The van der Waals surface area contributed by atoms with E-state index in [-0.39, 0.29) is 11.9 Å². The van der Waals surface area contributed by atoms with Crippen LogP contribution in [0, 0.1) is 17.8 Å². The Morgan fingerprint density at radius 1 is 1.35 bits per heavy atom. The molecule has 1 aromatic carbocycles. The van der Waals surface area contributed by atoms with Crippen molar-refractivity contribution in [1.82, 2.24) is 14.9 Å². The number of imidazole rings is 1. The summed E-state index contributed by atoms with van der Waals surface area (Å²) in [5.41, 5.74) is 0.936. The van der Waals surface area contributed by atoms with Gasteiger partial charge in [-0.2, -0.15) is 0 Å². The number of aromatic nitrogens is 2. The van der Waals surface area contributed by atoms with Crippen LogP contribution in [0.5, 0.6) is 5.75 Å². The third-order valence-electron chi connectivity index (χ3n) is 6.20. The highest BCUT2D eigenvalue weighted by Gasteiger charge is 2.40. The molecule has 0 spiro atoms. The maximum atomic E-state index is 12.9. The Labute approximate surface area is 154 Å². The molecule has 0 radical (unpaired) electrons. The van der Waals surface area contributed by atoms with E-state index >= 15 is 0 Å². The third kappa shape index (κ3) is 3.22. The maximum Gasteiger partial charge on any atom is 0.221 e. The lowest BCUT2D eigenvalue weighted by molar-refractivity contribution is -0.123. The summed E-state index contributed by atoms with van der Waals surface area (Å²) in [5, 5.41) is 3.24. The van der Waals surface area contributed by atoms with Crippen LogP contribution in [0.4, 0.5) is 0 Å². The standard InChI is InChI=1S/C21H27N3O2/c1-24-10-9-22-21(24)20(17-5-3-4-6-18(17)26-2)23-19(25)13-16-12-14-7-8-15(16)11-14/h3-6,9-10,14-16,20H,7-8,11-13H2,1-2H3,(H,23,25)/t14-,15-,16-,20+/m0/s1. The van der Waals surface area contributed by atoms with E-state index in [1.165, 1.54) is 25.7 Å². The first kappa shape index (κ1) is 17.1. The van der Waals surface area contributed by atoms with Gasteiger partial charge in [0, 0.05) is 31.4 Å². The van der Waals surface area contributed by atoms with Crippen LogP contribution in [0.15, 0.2) is 36.7 Å². The van der Waals surface area contributed by atoms with Gasteiger partial charge in [0.2, 0.25) is 5.91 Å². The third-order valence-corrected chi connectivity index (χ3v) is 6.20. The molecule has 2 fully saturated rings. The van der Waals surface area contributed by atoms with Gasteiger partial charge in [0.15, 0.2) is 0 Å². The highest BCUT2D eigenvalue weighted by atomic mass is 16.5. The number of rotatable bonds is 6. The number of hydrogen-bond acceptors (Lipinski definition) is 3. The fraction of sp³-hybridized carbons (Fsp3) is 0.524. The second-order valence-electron chi connectivity index (χ2n) is 7.78. The monoisotopic (exact) mass is 353 g/mol. The van der Waals surface area contributed by atoms with E-state index in [1.807, 2.05) is 42.1 Å². The summed E-state index contributed by atoms with van der Waals surface area (Å²) in [4.78, 5) is 17.4. The molecule has 5 nitrogen and oxygen atoms in total. The van der Waals surface area contributed by atoms with Crippen molar-refractivity contribution in [2.45, 2.75) is 38.1 Å². The highest BCUT2D eigenvalue weighted by Crippen LogP contribution is 2.49. The molecule has 0 unspecified atom stereocenters. The molecular formula is C21H27N3O2. The Balaban J connectivity index is 1.55. The van der Waals surface area contributed by atoms with E-state index in [1.54, 1.807) is 13.3 Å². The van der Waals surface area contributed by atoms with Gasteiger partial charge in [0.1, 0.15) is 17.6 Å². The molecule has 5 heteroatoms. The topological polar surface area (TPSA) is 56.1 Å². The zero-order valence-electron chi connectivity index (χ0n) is 15.5. The summed E-state index contributed by atoms with van der Waals surface area (Å²) in [6.45, 7) is 0. The van der Waals surface area contributed by atoms with Crippen LogP contribution in [-0.4, -0.2) is 22.6 Å². The first-order chi connectivity index (χ1) is 12.7. The van der Waals surface area contributed by atoms with E-state index in [4.69, 9.17) is 4.74 Å². The van der Waals surface area contributed by atoms with Crippen molar-refractivity contribution in [1.29, 1.82) is 0 Å². The molecule has 4 atom stereocenters. The molecule has 1 amide bonds. The molecule has 1 N–H and O–H groups in total. The summed E-state index contributed by atoms with van der Waals surface area (Å²) >= 11 is 0. The number of carbonyl (C=O) groups is 1. The van der Waals surface area contributed by atoms with Crippen molar-refractivity contribution < 1.29 is 9.53 Å². The summed E-state index contributed by atoms with van der Waals surface area (Å²) < 4.78 is 7.48. The largest absolute Gasteiger partial charge is 0.496 e. The summed E-state index contributed by atoms with van der Waals surface area (Å²) in [6.07, 6.45) is 9.50. The molecule has 2 aliphatic rings. The number of carbonyl (C=O) groups excluding carboxylic acids is 1. The van der Waals surface area contributed by atoms with Gasteiger partial charge in [0.25, 0.3) is 0 Å². The molecule has 138 valence electrons. The van der Waals surface area contributed by atoms with Gasteiger partial charge in [-0.25, -0.2) is 4.98 Å². The SMILES string of the molecule is COc1ccccc1[C@@H](NC(=O)C[C@@H]1C[C@H]2CC[C@H]1C2)c1nccn1C. The van der Waals surface area contributed by atoms with Gasteiger partial charge in [-0.05, 0) is 43.1 Å². The Bertz CT molecular complexity index is 785. The van der Waals surface area contributed by atoms with Gasteiger partial charge in [0.05, 0.1) is 7.11 Å². The number of aryl methyl sites for hydroxylation is 1. The van der Waals surface area contributed by atoms with Gasteiger partial charge < -0.3 is 14.6 Å². The molecule has 2 aromatic rings. The Kier molecular flexibility index (Phi) is 4.70. The molecule has 4 rings (SSSR count). The fourth-order valence-corrected chi connectivity index (χ4v) is 4.93. The summed E-state index contributed by atoms with van der Waals surface area (Å²) in [6, 6.07) is 7.52. The lowest BCUT2D eigenvalue weighted by atomic mass is 9.86. The molecular weight excluding hydrogens is 326 g/mol. The number of amides is 1. The number of hydrogen-bond donors (Lipinski definition) is 1. The minimum atomic E-state index is -0.308. The lowest BCUT2D eigenvalue weighted by Gasteiger charge is -2.24. The number of para-hydroxylation sites is 1. The smallest absolute Gasteiger partial charge is 0.221 e. The quantitative estimate of drug-likeness (QED) is 0.865. The molecule has 2 saturated carbocycles. The van der Waals surface area contributed by atoms with Crippen LogP contribution < -0.4 is 10.1 Å². The van der Waals surface area contributed by atoms with E-state index in [9.17, 15) is 4.79 Å². The van der Waals surface area contributed by atoms with E-state index in [0.717, 1.165) is 29.0 Å². The molecule has 0 saturated heterocycles. The number of nitrogens with zero attached hydrogens (tertiary/aromatic N) is 2. The molecule has 0 aliphatic heterocycles. The van der Waals surface area contributed by atoms with Gasteiger partial charge in [-0.1, -0.05) is 24.6 Å². The zero-order valence-corrected chi connectivity index (χ0v) is 15.5. The second-order valence-corrected chi connectivity index (χ2v) is 7.78. The maximum absolute atomic E-state index is 12.9. The molecule has 2 aliphatic carbocycles. The van der Waals surface area contributed by atoms with Crippen LogP contribution in [0.3, 0.4) is 0 Å². The van der Waals surface area contributed by atoms with Crippen LogP contribution in [0.1, 0.15) is 49.5 Å². The van der Waals surface area contributed by atoms with Crippen LogP contribution in [-0.2, 0) is 11.8 Å². The number of ether oxygens (including phenoxy) is 1. The minimum absolute atomic E-state index is 0.112. The van der Waals surface area contributed by atoms with Crippen molar-refractivity contribution >= 4 is 5.91 Å². The van der Waals surface area contributed by atoms with Crippen molar-refractivity contribution in [3.8, 4) is 5.75 Å². The molecule has 2 bridgehead atoms. The Morgan fingerprint density at radius 2 is 2.19 bits per heavy atom. The van der Waals surface area contributed by atoms with Crippen LogP contribution in [0.2, 0.25) is 0 Å². The van der Waals surface area contributed by atoms with E-state index < -0.39 is 0 Å². The number of methoxy groups -OCH3 is 1. The van der Waals surface area contributed by atoms with E-state index in [2.05, 4.69) is 10.3 Å². The first-order valence-electron chi connectivity index (χ1n) is 9.55. The molecule has 1 heterocycles. The average Bonchev–Trinajstić information content (AvgIpc) is 3.37. The summed E-state index contributed by atoms with van der Waals surface area (Å²) in [5.74, 6) is 3.85. The van der Waals surface area contributed by atoms with Crippen molar-refractivity contribution in [2.24, 2.45) is 24.8 Å². The Morgan fingerprint density at radius 3 is 2.85 bits per heavy atom. The van der Waals surface area contributed by atoms with Crippen molar-refractivity contribution in [2.75, 3.05) is 7.11 Å². The number of benzene rings is 1. The Hall–Kier alpha value is -2.30. The van der Waals surface area contributed by atoms with Gasteiger partial charge in [-0.15, -0.1) is 0 Å². The highest BCUT2D eigenvalue weighted by molar-refractivity contribution is 5.77. The zero-order chi connectivity index (χ0) is 18.1. The molecule has 26 heavy (non-hydrogen) atoms. The van der Waals surface area contributed by atoms with Crippen molar-refractivity contribution in [3.63, 3.8) is 0 Å². The van der Waals surface area contributed by atoms with Gasteiger partial charge in [-0.3, -0.25) is 4.79 Å². The first-order valence-corrected chi connectivity index (χ1v) is 9.55. The second kappa shape index (κ2) is 7.14. The number of fused-ring (bicyclic) bond motifs is 2. The summed E-state index contributed by atoms with van der Waals surface area (Å²) in [7, 11) is 3.61. The predicted octanol–water partition coefficient (Wildman–Crippen LogP) is 3.46. The predicted molar refractivity (Wildman–Crippen MR) is 99.7 cm³/mol. The van der Waals surface area contributed by atoms with Crippen LogP contribution >= 0.6 is 0 Å². The average molecular weight is 353 g/mol. The fourth-order valence-electron chi connectivity index (χ4n) is 4.93. The minimum Gasteiger partial charge on any atom is -0.496 e. The van der Waals surface area contributed by atoms with Gasteiger partial charge >= 0.3 is 0 Å². The van der Waals surface area contributed by atoms with Crippen LogP contribution in [0.25, 0.3) is 0 Å². The van der Waals surface area contributed by atoms with E-state index in [0.29, 0.717) is 12.3 Å². The lowest BCUT2D eigenvalue weighted by Crippen LogP contribution is -2.33. The van der Waals surface area contributed by atoms with Crippen molar-refractivity contribution in [3.05, 3.63) is 48.0 Å². The normalized spacial score (nSPS) is 25.2. The molecule has 1 aromatic heterocycles.